The van der Waals surface area contributed by atoms with Gasteiger partial charge in [0.15, 0.2) is 5.65 Å². The molecule has 0 bridgehead atoms. The molecular formula is C16H14N6O. The van der Waals surface area contributed by atoms with E-state index in [1.54, 1.807) is 45.9 Å². The first-order valence-corrected chi connectivity index (χ1v) is 7.08. The van der Waals surface area contributed by atoms with E-state index < -0.39 is 0 Å². The average Bonchev–Trinajstić information content (AvgIpc) is 3.15. The van der Waals surface area contributed by atoms with Crippen molar-refractivity contribution in [3.63, 3.8) is 0 Å². The molecule has 0 amide bonds. The number of nitrogens with zero attached hydrogens (tertiary/aromatic N) is 5. The molecule has 3 aromatic heterocycles. The summed E-state index contributed by atoms with van der Waals surface area (Å²) in [5.74, 6) is 0.933. The normalized spacial score (nSPS) is 11.0. The maximum Gasteiger partial charge on any atom is 0.165 e. The number of nitrogens with one attached hydrogen (secondary N) is 1. The number of rotatable bonds is 3. The van der Waals surface area contributed by atoms with Crippen LogP contribution in [0.4, 0.5) is 11.5 Å². The van der Waals surface area contributed by atoms with Crippen LogP contribution in [0.2, 0.25) is 0 Å². The summed E-state index contributed by atoms with van der Waals surface area (Å²) < 4.78 is 3.47. The summed E-state index contributed by atoms with van der Waals surface area (Å²) >= 11 is 0. The Hall–Kier alpha value is -3.35. The SMILES string of the molecule is Cn1cc(-c2cnn3ccc(Nc4ccc(O)cc4)nc23)cn1. The van der Waals surface area contributed by atoms with E-state index in [0.29, 0.717) is 5.82 Å². The summed E-state index contributed by atoms with van der Waals surface area (Å²) in [5, 5.41) is 21.1. The minimum Gasteiger partial charge on any atom is -0.508 e. The van der Waals surface area contributed by atoms with Gasteiger partial charge in [0.25, 0.3) is 0 Å². The maximum atomic E-state index is 9.34. The predicted molar refractivity (Wildman–Crippen MR) is 86.6 cm³/mol. The molecule has 0 aliphatic carbocycles. The first kappa shape index (κ1) is 13.3. The van der Waals surface area contributed by atoms with Gasteiger partial charge in [0, 0.05) is 36.3 Å². The minimum atomic E-state index is 0.230. The molecule has 0 spiro atoms. The summed E-state index contributed by atoms with van der Waals surface area (Å²) in [7, 11) is 1.88. The molecule has 4 rings (SSSR count). The van der Waals surface area contributed by atoms with Crippen molar-refractivity contribution in [1.29, 1.82) is 0 Å². The Labute approximate surface area is 131 Å². The zero-order chi connectivity index (χ0) is 15.8. The molecule has 3 heterocycles. The van der Waals surface area contributed by atoms with Gasteiger partial charge in [0.1, 0.15) is 11.6 Å². The van der Waals surface area contributed by atoms with Crippen molar-refractivity contribution in [2.24, 2.45) is 7.05 Å². The van der Waals surface area contributed by atoms with Crippen LogP contribution in [-0.2, 0) is 7.05 Å². The number of hydrogen-bond acceptors (Lipinski definition) is 5. The summed E-state index contributed by atoms with van der Waals surface area (Å²) in [6.45, 7) is 0. The van der Waals surface area contributed by atoms with Gasteiger partial charge in [-0.3, -0.25) is 4.68 Å². The first-order chi connectivity index (χ1) is 11.2. The van der Waals surface area contributed by atoms with Crippen molar-refractivity contribution < 1.29 is 5.11 Å². The van der Waals surface area contributed by atoms with E-state index in [0.717, 1.165) is 22.5 Å². The number of aromatic hydroxyl groups is 1. The lowest BCUT2D eigenvalue weighted by molar-refractivity contribution is 0.475. The second kappa shape index (κ2) is 5.13. The molecular weight excluding hydrogens is 292 g/mol. The molecule has 2 N–H and O–H groups in total. The van der Waals surface area contributed by atoms with Crippen LogP contribution in [0, 0.1) is 0 Å². The summed E-state index contributed by atoms with van der Waals surface area (Å²) in [6, 6.07) is 8.68. The van der Waals surface area contributed by atoms with Crippen LogP contribution < -0.4 is 5.32 Å². The molecule has 4 aromatic rings. The number of hydrogen-bond donors (Lipinski definition) is 2. The molecule has 0 saturated carbocycles. The predicted octanol–water partition coefficient (Wildman–Crippen LogP) is 2.58. The van der Waals surface area contributed by atoms with Gasteiger partial charge in [0.2, 0.25) is 0 Å². The third kappa shape index (κ3) is 2.48. The van der Waals surface area contributed by atoms with Crippen LogP contribution in [0.3, 0.4) is 0 Å². The van der Waals surface area contributed by atoms with E-state index in [1.807, 2.05) is 25.5 Å². The highest BCUT2D eigenvalue weighted by molar-refractivity contribution is 5.77. The molecule has 0 saturated heterocycles. The molecule has 1 aromatic carbocycles. The van der Waals surface area contributed by atoms with Gasteiger partial charge >= 0.3 is 0 Å². The Morgan fingerprint density at radius 3 is 2.61 bits per heavy atom. The lowest BCUT2D eigenvalue weighted by atomic mass is 10.2. The lowest BCUT2D eigenvalue weighted by Gasteiger charge is -2.06. The third-order valence-corrected chi connectivity index (χ3v) is 3.52. The standard InChI is InChI=1S/C16H14N6O/c1-21-10-11(8-17-21)14-9-18-22-7-6-15(20-16(14)22)19-12-2-4-13(23)5-3-12/h2-10,23H,1H3,(H,19,20). The Kier molecular flexibility index (Phi) is 2.97. The van der Waals surface area contributed by atoms with E-state index in [1.165, 1.54) is 0 Å². The van der Waals surface area contributed by atoms with Crippen molar-refractivity contribution in [1.82, 2.24) is 24.4 Å². The highest BCUT2D eigenvalue weighted by Crippen LogP contribution is 2.24. The molecule has 0 atom stereocenters. The van der Waals surface area contributed by atoms with Gasteiger partial charge in [-0.15, -0.1) is 0 Å². The number of phenols is 1. The van der Waals surface area contributed by atoms with Crippen LogP contribution in [0.5, 0.6) is 5.75 Å². The van der Waals surface area contributed by atoms with Gasteiger partial charge in [0.05, 0.1) is 12.4 Å². The topological polar surface area (TPSA) is 80.3 Å². The third-order valence-electron chi connectivity index (χ3n) is 3.52. The van der Waals surface area contributed by atoms with E-state index in [4.69, 9.17) is 0 Å². The number of anilines is 2. The smallest absolute Gasteiger partial charge is 0.165 e. The number of benzene rings is 1. The van der Waals surface area contributed by atoms with Gasteiger partial charge in [-0.25, -0.2) is 9.50 Å². The first-order valence-electron chi connectivity index (χ1n) is 7.08. The monoisotopic (exact) mass is 306 g/mol. The highest BCUT2D eigenvalue weighted by Gasteiger charge is 2.10. The van der Waals surface area contributed by atoms with Gasteiger partial charge in [-0.2, -0.15) is 10.2 Å². The van der Waals surface area contributed by atoms with Crippen LogP contribution in [0.15, 0.2) is 55.1 Å². The summed E-state index contributed by atoms with van der Waals surface area (Å²) in [5.41, 5.74) is 3.49. The Balaban J connectivity index is 1.73. The zero-order valence-corrected chi connectivity index (χ0v) is 12.4. The number of aromatic nitrogens is 5. The Morgan fingerprint density at radius 2 is 1.87 bits per heavy atom. The van der Waals surface area contributed by atoms with Crippen molar-refractivity contribution in [2.75, 3.05) is 5.32 Å². The summed E-state index contributed by atoms with van der Waals surface area (Å²) in [4.78, 5) is 4.63. The molecule has 7 nitrogen and oxygen atoms in total. The quantitative estimate of drug-likeness (QED) is 0.569. The Morgan fingerprint density at radius 1 is 1.04 bits per heavy atom. The lowest BCUT2D eigenvalue weighted by Crippen LogP contribution is -1.97. The number of aryl methyl sites for hydroxylation is 1. The fourth-order valence-corrected chi connectivity index (χ4v) is 2.40. The number of fused-ring (bicyclic) bond motifs is 1. The fraction of sp³-hybridized carbons (Fsp3) is 0.0625. The second-order valence-electron chi connectivity index (χ2n) is 5.21. The van der Waals surface area contributed by atoms with Gasteiger partial charge < -0.3 is 10.4 Å². The van der Waals surface area contributed by atoms with Crippen molar-refractivity contribution in [2.45, 2.75) is 0 Å². The van der Waals surface area contributed by atoms with E-state index in [9.17, 15) is 5.11 Å². The molecule has 0 fully saturated rings. The number of phenolic OH excluding ortho intramolecular Hbond substituents is 1. The van der Waals surface area contributed by atoms with E-state index >= 15 is 0 Å². The fourth-order valence-electron chi connectivity index (χ4n) is 2.40. The largest absolute Gasteiger partial charge is 0.508 e. The molecule has 0 radical (unpaired) electrons. The van der Waals surface area contributed by atoms with Crippen molar-refractivity contribution >= 4 is 17.2 Å². The average molecular weight is 306 g/mol. The zero-order valence-electron chi connectivity index (χ0n) is 12.4. The van der Waals surface area contributed by atoms with Crippen LogP contribution in [0.25, 0.3) is 16.8 Å². The molecule has 0 unspecified atom stereocenters. The van der Waals surface area contributed by atoms with E-state index in [-0.39, 0.29) is 5.75 Å². The van der Waals surface area contributed by atoms with Crippen LogP contribution in [-0.4, -0.2) is 29.5 Å². The van der Waals surface area contributed by atoms with Crippen molar-refractivity contribution in [3.8, 4) is 16.9 Å². The molecule has 0 aliphatic heterocycles. The van der Waals surface area contributed by atoms with Crippen LogP contribution in [0.1, 0.15) is 0 Å². The highest BCUT2D eigenvalue weighted by atomic mass is 16.3. The van der Waals surface area contributed by atoms with Crippen molar-refractivity contribution in [3.05, 3.63) is 55.1 Å². The van der Waals surface area contributed by atoms with E-state index in [2.05, 4.69) is 20.5 Å². The Bertz CT molecular complexity index is 970. The molecule has 23 heavy (non-hydrogen) atoms. The van der Waals surface area contributed by atoms with Gasteiger partial charge in [-0.05, 0) is 30.3 Å². The van der Waals surface area contributed by atoms with Crippen LogP contribution >= 0.6 is 0 Å². The maximum absolute atomic E-state index is 9.34. The van der Waals surface area contributed by atoms with Gasteiger partial charge in [-0.1, -0.05) is 0 Å². The summed E-state index contributed by atoms with van der Waals surface area (Å²) in [6.07, 6.45) is 7.35. The molecule has 114 valence electrons. The second-order valence-corrected chi connectivity index (χ2v) is 5.21. The molecule has 0 aliphatic rings. The minimum absolute atomic E-state index is 0.230. The molecule has 7 heteroatoms.